The molecule has 302 valence electrons. The number of hydrogen-bond acceptors (Lipinski definition) is 7. The average Bonchev–Trinajstić information content (AvgIpc) is 3.40. The standard InChI is InChI=1S/C45H53BrF2N6O3/c1-28-45(14-3-2-4-15-45)33-10-8-30(24-38(33)54(28)37-7-5-6-34(46)41(37)42(49)56)52-18-12-29(13-19-52)25-51-20-16-44(17-21-51)26-53(27-44)31-22-35(47)40(36(48)23-31)32-9-11-39(55)50-43(32)57/h5-8,10,22-24,28-29,32H,2-4,9,11-21,25-27H2,1H3,(H2,49,56)(H,50,55,57). The molecule has 0 bridgehead atoms. The Hall–Kier alpha value is -4.03. The van der Waals surface area contributed by atoms with Gasteiger partial charge in [-0.05, 0) is 129 Å². The molecule has 1 saturated carbocycles. The molecule has 0 radical (unpaired) electrons. The number of nitrogens with zero attached hydrogens (tertiary/aromatic N) is 4. The predicted octanol–water partition coefficient (Wildman–Crippen LogP) is 7.91. The number of amides is 3. The van der Waals surface area contributed by atoms with Crippen LogP contribution in [0.2, 0.25) is 0 Å². The zero-order chi connectivity index (χ0) is 39.6. The van der Waals surface area contributed by atoms with E-state index in [1.807, 2.05) is 18.2 Å². The summed E-state index contributed by atoms with van der Waals surface area (Å²) in [5.74, 6) is -3.25. The van der Waals surface area contributed by atoms with Gasteiger partial charge in [0.05, 0.1) is 17.2 Å². The monoisotopic (exact) mass is 842 g/mol. The number of rotatable bonds is 7. The van der Waals surface area contributed by atoms with Crippen molar-refractivity contribution in [2.75, 3.05) is 60.5 Å². The number of nitrogens with one attached hydrogen (secondary N) is 1. The van der Waals surface area contributed by atoms with Gasteiger partial charge in [-0.2, -0.15) is 0 Å². The number of primary amides is 1. The van der Waals surface area contributed by atoms with Crippen molar-refractivity contribution < 1.29 is 23.2 Å². The number of piperidine rings is 3. The van der Waals surface area contributed by atoms with Crippen molar-refractivity contribution in [3.63, 3.8) is 0 Å². The van der Waals surface area contributed by atoms with Gasteiger partial charge in [0.2, 0.25) is 11.8 Å². The van der Waals surface area contributed by atoms with E-state index in [1.165, 1.54) is 48.3 Å². The molecule has 5 aliphatic heterocycles. The van der Waals surface area contributed by atoms with Crippen molar-refractivity contribution in [2.45, 2.75) is 94.9 Å². The van der Waals surface area contributed by atoms with E-state index in [-0.39, 0.29) is 35.3 Å². The smallest absolute Gasteiger partial charge is 0.251 e. The third-order valence-corrected chi connectivity index (χ3v) is 15.4. The molecule has 9 nitrogen and oxygen atoms in total. The molecule has 3 aromatic rings. The van der Waals surface area contributed by atoms with Crippen LogP contribution in [-0.2, 0) is 15.0 Å². The first kappa shape index (κ1) is 38.5. The first-order chi connectivity index (χ1) is 27.4. The summed E-state index contributed by atoms with van der Waals surface area (Å²) in [6.07, 6.45) is 10.6. The number of anilines is 4. The molecule has 9 rings (SSSR count). The molecule has 2 atom stereocenters. The van der Waals surface area contributed by atoms with Gasteiger partial charge < -0.3 is 25.3 Å². The van der Waals surface area contributed by atoms with Gasteiger partial charge in [-0.1, -0.05) is 31.4 Å². The van der Waals surface area contributed by atoms with Crippen LogP contribution in [0.5, 0.6) is 0 Å². The van der Waals surface area contributed by atoms with Crippen LogP contribution < -0.4 is 25.8 Å². The number of halogens is 3. The Morgan fingerprint density at radius 1 is 0.860 bits per heavy atom. The number of carbonyl (C=O) groups is 3. The van der Waals surface area contributed by atoms with Crippen molar-refractivity contribution in [3.05, 3.63) is 81.3 Å². The molecule has 57 heavy (non-hydrogen) atoms. The highest BCUT2D eigenvalue weighted by Gasteiger charge is 2.50. The normalized spacial score (nSPS) is 24.8. The Bertz CT molecular complexity index is 2060. The fourth-order valence-corrected chi connectivity index (χ4v) is 12.0. The van der Waals surface area contributed by atoms with Crippen LogP contribution in [-0.4, -0.2) is 74.5 Å². The summed E-state index contributed by atoms with van der Waals surface area (Å²) in [4.78, 5) is 46.2. The summed E-state index contributed by atoms with van der Waals surface area (Å²) in [7, 11) is 0. The van der Waals surface area contributed by atoms with E-state index in [2.05, 4.69) is 66.0 Å². The number of likely N-dealkylation sites (tertiary alicyclic amines) is 1. The first-order valence-corrected chi connectivity index (χ1v) is 21.8. The molecular formula is C45H53BrF2N6O3. The fourth-order valence-electron chi connectivity index (χ4n) is 11.4. The number of nitrogens with two attached hydrogens (primary N) is 1. The largest absolute Gasteiger partial charge is 0.371 e. The van der Waals surface area contributed by atoms with Gasteiger partial charge in [0.25, 0.3) is 5.91 Å². The van der Waals surface area contributed by atoms with Gasteiger partial charge >= 0.3 is 0 Å². The average molecular weight is 844 g/mol. The Morgan fingerprint density at radius 3 is 2.23 bits per heavy atom. The van der Waals surface area contributed by atoms with Crippen LogP contribution in [0, 0.1) is 23.0 Å². The second-order valence-corrected chi connectivity index (χ2v) is 18.7. The molecule has 2 unspecified atom stereocenters. The Labute approximate surface area is 342 Å². The Balaban J connectivity index is 0.812. The van der Waals surface area contributed by atoms with Crippen LogP contribution >= 0.6 is 15.9 Å². The highest BCUT2D eigenvalue weighted by atomic mass is 79.9. The van der Waals surface area contributed by atoms with Gasteiger partial charge in [-0.15, -0.1) is 0 Å². The van der Waals surface area contributed by atoms with Crippen molar-refractivity contribution >= 4 is 56.4 Å². The second kappa shape index (κ2) is 15.0. The minimum Gasteiger partial charge on any atom is -0.371 e. The Kier molecular flexibility index (Phi) is 10.1. The summed E-state index contributed by atoms with van der Waals surface area (Å²) in [6, 6.07) is 15.9. The molecule has 3 aromatic carbocycles. The quantitative estimate of drug-likeness (QED) is 0.233. The SMILES string of the molecule is CC1N(c2cccc(Br)c2C(N)=O)c2cc(N3CCC(CN4CCC5(CC4)CN(c4cc(F)c(C6CCC(=O)NC6=O)c(F)c4)C5)CC3)ccc2C12CCCCC2. The Morgan fingerprint density at radius 2 is 1.56 bits per heavy atom. The summed E-state index contributed by atoms with van der Waals surface area (Å²) in [6.45, 7) is 9.08. The molecule has 3 N–H and O–H groups in total. The highest BCUT2D eigenvalue weighted by molar-refractivity contribution is 9.10. The summed E-state index contributed by atoms with van der Waals surface area (Å²) >= 11 is 3.62. The van der Waals surface area contributed by atoms with E-state index < -0.39 is 35.3 Å². The number of benzene rings is 3. The van der Waals surface area contributed by atoms with E-state index >= 15 is 8.78 Å². The number of hydrogen-bond donors (Lipinski definition) is 2. The third-order valence-electron chi connectivity index (χ3n) is 14.7. The molecule has 2 spiro atoms. The highest BCUT2D eigenvalue weighted by Crippen LogP contribution is 2.57. The van der Waals surface area contributed by atoms with Crippen molar-refractivity contribution in [1.29, 1.82) is 0 Å². The molecule has 5 fully saturated rings. The van der Waals surface area contributed by atoms with Crippen LogP contribution in [0.15, 0.2) is 53.0 Å². The van der Waals surface area contributed by atoms with E-state index in [9.17, 15) is 14.4 Å². The van der Waals surface area contributed by atoms with Gasteiger partial charge in [-0.3, -0.25) is 19.7 Å². The number of imide groups is 1. The molecule has 4 saturated heterocycles. The lowest BCUT2D eigenvalue weighted by Crippen LogP contribution is -2.60. The molecular weight excluding hydrogens is 790 g/mol. The summed E-state index contributed by atoms with van der Waals surface area (Å²) < 4.78 is 31.2. The van der Waals surface area contributed by atoms with Crippen molar-refractivity contribution in [1.82, 2.24) is 10.2 Å². The maximum absolute atomic E-state index is 15.2. The third kappa shape index (κ3) is 6.82. The predicted molar refractivity (Wildman–Crippen MR) is 222 cm³/mol. The lowest BCUT2D eigenvalue weighted by molar-refractivity contribution is -0.134. The molecule has 5 heterocycles. The van der Waals surface area contributed by atoms with Crippen molar-refractivity contribution in [3.8, 4) is 0 Å². The second-order valence-electron chi connectivity index (χ2n) is 17.9. The number of carbonyl (C=O) groups excluding carboxylic acids is 3. The van der Waals surface area contributed by atoms with E-state index in [4.69, 9.17) is 5.73 Å². The molecule has 3 amide bonds. The van der Waals surface area contributed by atoms with Crippen LogP contribution in [0.4, 0.5) is 31.5 Å². The fraction of sp³-hybridized carbons (Fsp3) is 0.533. The van der Waals surface area contributed by atoms with Gasteiger partial charge in [-0.25, -0.2) is 8.78 Å². The van der Waals surface area contributed by atoms with E-state index in [0.717, 1.165) is 94.5 Å². The van der Waals surface area contributed by atoms with Gasteiger partial charge in [0, 0.05) is 83.1 Å². The zero-order valence-electron chi connectivity index (χ0n) is 32.8. The maximum Gasteiger partial charge on any atom is 0.251 e. The molecule has 1 aliphatic carbocycles. The van der Waals surface area contributed by atoms with E-state index in [0.29, 0.717) is 17.2 Å². The van der Waals surface area contributed by atoms with Crippen molar-refractivity contribution in [2.24, 2.45) is 17.1 Å². The van der Waals surface area contributed by atoms with Gasteiger partial charge in [0.1, 0.15) is 11.6 Å². The van der Waals surface area contributed by atoms with Crippen LogP contribution in [0.3, 0.4) is 0 Å². The minimum atomic E-state index is -0.985. The summed E-state index contributed by atoms with van der Waals surface area (Å²) in [5, 5.41) is 2.21. The lowest BCUT2D eigenvalue weighted by Gasteiger charge is -2.55. The maximum atomic E-state index is 15.2. The minimum absolute atomic E-state index is 0.0575. The lowest BCUT2D eigenvalue weighted by atomic mass is 9.67. The number of fused-ring (bicyclic) bond motifs is 2. The van der Waals surface area contributed by atoms with E-state index in [1.54, 1.807) is 0 Å². The molecule has 6 aliphatic rings. The molecule has 12 heteroatoms. The zero-order valence-corrected chi connectivity index (χ0v) is 34.4. The topological polar surface area (TPSA) is 102 Å². The van der Waals surface area contributed by atoms with Crippen LogP contribution in [0.25, 0.3) is 0 Å². The van der Waals surface area contributed by atoms with Gasteiger partial charge in [0.15, 0.2) is 0 Å². The van der Waals surface area contributed by atoms with Crippen LogP contribution in [0.1, 0.15) is 105 Å². The summed E-state index contributed by atoms with van der Waals surface area (Å²) in [5.41, 5.74) is 11.8. The first-order valence-electron chi connectivity index (χ1n) is 21.0. The molecule has 0 aromatic heterocycles.